The molecular weight excluding hydrogens is 225 g/mol. The van der Waals surface area contributed by atoms with Crippen molar-refractivity contribution < 1.29 is 27.6 Å². The van der Waals surface area contributed by atoms with E-state index in [-0.39, 0.29) is 0 Å². The van der Waals surface area contributed by atoms with Gasteiger partial charge >= 0.3 is 11.9 Å². The first-order valence-electron chi connectivity index (χ1n) is 4.51. The van der Waals surface area contributed by atoms with Gasteiger partial charge in [-0.3, -0.25) is 9.59 Å². The summed E-state index contributed by atoms with van der Waals surface area (Å²) < 4.78 is 38.2. The van der Waals surface area contributed by atoms with E-state index < -0.39 is 41.2 Å². The lowest BCUT2D eigenvalue weighted by molar-refractivity contribution is -0.235. The molecule has 4 nitrogen and oxygen atoms in total. The number of nitrogens with zero attached hydrogens (tertiary/aromatic N) is 2. The molecule has 1 rings (SSSR count). The molecule has 0 N–H and O–H groups in total. The summed E-state index contributed by atoms with van der Waals surface area (Å²) in [6, 6.07) is 0. The maximum Gasteiger partial charge on any atom is 0.400 e. The van der Waals surface area contributed by atoms with Crippen LogP contribution in [0.3, 0.4) is 0 Å². The molecular formula is C9H9F3N2O2. The molecule has 1 saturated carbocycles. The molecule has 1 aliphatic carbocycles. The zero-order chi connectivity index (χ0) is 12.7. The fraction of sp³-hybridized carbons (Fsp3) is 0.667. The van der Waals surface area contributed by atoms with Gasteiger partial charge in [0, 0.05) is 12.3 Å². The van der Waals surface area contributed by atoms with Gasteiger partial charge in [-0.05, 0) is 6.92 Å². The van der Waals surface area contributed by atoms with E-state index in [4.69, 9.17) is 5.53 Å². The lowest BCUT2D eigenvalue weighted by Gasteiger charge is -2.37. The van der Waals surface area contributed by atoms with Crippen molar-refractivity contribution in [3.05, 3.63) is 5.53 Å². The molecule has 0 aromatic carbocycles. The molecule has 16 heavy (non-hydrogen) atoms. The molecule has 0 aromatic rings. The Hall–Kier alpha value is -1.49. The summed E-state index contributed by atoms with van der Waals surface area (Å²) in [6.45, 7) is 1.90. The number of rotatable bonds is 0. The molecule has 0 aliphatic heterocycles. The van der Waals surface area contributed by atoms with Crippen LogP contribution in [-0.2, 0) is 9.59 Å². The molecule has 0 heterocycles. The third-order valence-electron chi connectivity index (χ3n) is 3.12. The van der Waals surface area contributed by atoms with Gasteiger partial charge in [-0.25, -0.2) is 0 Å². The van der Waals surface area contributed by atoms with Gasteiger partial charge in [0.2, 0.25) is 5.78 Å². The summed E-state index contributed by atoms with van der Waals surface area (Å²) in [5.41, 5.74) is 5.20. The molecule has 7 heteroatoms. The molecule has 0 radical (unpaired) electrons. The third-order valence-corrected chi connectivity index (χ3v) is 3.12. The van der Waals surface area contributed by atoms with E-state index in [0.717, 1.165) is 13.8 Å². The van der Waals surface area contributed by atoms with Crippen LogP contribution in [0, 0.1) is 11.3 Å². The van der Waals surface area contributed by atoms with Gasteiger partial charge in [-0.1, -0.05) is 6.92 Å². The van der Waals surface area contributed by atoms with E-state index >= 15 is 0 Å². The van der Waals surface area contributed by atoms with Gasteiger partial charge in [-0.2, -0.15) is 18.0 Å². The minimum atomic E-state index is -4.65. The van der Waals surface area contributed by atoms with Crippen LogP contribution < -0.4 is 0 Å². The molecule has 0 aromatic heterocycles. The number of Topliss-reactive ketones (excluding diaryl/α,β-unsaturated/α-hetero) is 2. The SMILES string of the molecule is C[C@H]1C(=O)C(=[N+]=[N-])C(=O)C[C@@]1(C)C(F)(F)F. The summed E-state index contributed by atoms with van der Waals surface area (Å²) >= 11 is 0. The van der Waals surface area contributed by atoms with Crippen LogP contribution in [-0.4, -0.2) is 28.2 Å². The van der Waals surface area contributed by atoms with Crippen LogP contribution in [0.5, 0.6) is 0 Å². The Balaban J connectivity index is 3.27. The van der Waals surface area contributed by atoms with E-state index in [9.17, 15) is 22.8 Å². The highest BCUT2D eigenvalue weighted by Crippen LogP contribution is 2.49. The average Bonchev–Trinajstić information content (AvgIpc) is 2.13. The van der Waals surface area contributed by atoms with E-state index in [0.29, 0.717) is 0 Å². The first-order chi connectivity index (χ1) is 7.15. The third kappa shape index (κ3) is 1.57. The molecule has 1 fully saturated rings. The van der Waals surface area contributed by atoms with Crippen LogP contribution >= 0.6 is 0 Å². The van der Waals surface area contributed by atoms with E-state index in [2.05, 4.69) is 4.79 Å². The molecule has 88 valence electrons. The Morgan fingerprint density at radius 3 is 2.31 bits per heavy atom. The van der Waals surface area contributed by atoms with Gasteiger partial charge < -0.3 is 5.53 Å². The second-order valence-electron chi connectivity index (χ2n) is 4.05. The largest absolute Gasteiger partial charge is 0.400 e. The van der Waals surface area contributed by atoms with Crippen molar-refractivity contribution in [3.63, 3.8) is 0 Å². The quantitative estimate of drug-likeness (QED) is 0.469. The van der Waals surface area contributed by atoms with Crippen LogP contribution in [0.15, 0.2) is 0 Å². The monoisotopic (exact) mass is 234 g/mol. The summed E-state index contributed by atoms with van der Waals surface area (Å²) in [5, 5.41) is 0. The molecule has 0 amide bonds. The summed E-state index contributed by atoms with van der Waals surface area (Å²) in [6.07, 6.45) is -5.53. The predicted molar refractivity (Wildman–Crippen MR) is 46.6 cm³/mol. The molecule has 0 unspecified atom stereocenters. The highest BCUT2D eigenvalue weighted by molar-refractivity contribution is 6.65. The predicted octanol–water partition coefficient (Wildman–Crippen LogP) is 1.40. The number of hydrogen-bond acceptors (Lipinski definition) is 2. The van der Waals surface area contributed by atoms with Crippen LogP contribution in [0.25, 0.3) is 5.53 Å². The lowest BCUT2D eigenvalue weighted by atomic mass is 9.66. The zero-order valence-electron chi connectivity index (χ0n) is 8.63. The second kappa shape index (κ2) is 3.52. The molecule has 1 aliphatic rings. The van der Waals surface area contributed by atoms with Crippen molar-refractivity contribution in [2.75, 3.05) is 0 Å². The van der Waals surface area contributed by atoms with Gasteiger partial charge in [0.25, 0.3) is 5.78 Å². The minimum absolute atomic E-state index is 0.797. The first-order valence-corrected chi connectivity index (χ1v) is 4.51. The van der Waals surface area contributed by atoms with E-state index in [1.165, 1.54) is 0 Å². The average molecular weight is 234 g/mol. The summed E-state index contributed by atoms with van der Waals surface area (Å²) in [5.74, 6) is -3.58. The van der Waals surface area contributed by atoms with Crippen LogP contribution in [0.1, 0.15) is 20.3 Å². The van der Waals surface area contributed by atoms with Crippen LogP contribution in [0.4, 0.5) is 13.2 Å². The van der Waals surface area contributed by atoms with Crippen molar-refractivity contribution in [1.82, 2.24) is 0 Å². The van der Waals surface area contributed by atoms with Crippen LogP contribution in [0.2, 0.25) is 0 Å². The smallest absolute Gasteiger partial charge is 0.360 e. The standard InChI is InChI=1S/C9H9F3N2O2/c1-4-7(16)6(14-13)5(15)3-8(4,2)9(10,11)12/h4H,3H2,1-2H3/t4-,8+/m0/s1. The fourth-order valence-corrected chi connectivity index (χ4v) is 1.65. The second-order valence-corrected chi connectivity index (χ2v) is 4.05. The van der Waals surface area contributed by atoms with Crippen molar-refractivity contribution in [3.8, 4) is 0 Å². The van der Waals surface area contributed by atoms with E-state index in [1.54, 1.807) is 0 Å². The van der Waals surface area contributed by atoms with E-state index in [1.807, 2.05) is 0 Å². The van der Waals surface area contributed by atoms with Crippen molar-refractivity contribution in [2.45, 2.75) is 26.4 Å². The van der Waals surface area contributed by atoms with Gasteiger partial charge in [0.1, 0.15) is 0 Å². The van der Waals surface area contributed by atoms with Crippen molar-refractivity contribution in [1.29, 1.82) is 0 Å². The molecule has 0 spiro atoms. The van der Waals surface area contributed by atoms with Gasteiger partial charge in [0.05, 0.1) is 5.41 Å². The Kier molecular flexibility index (Phi) is 2.77. The first kappa shape index (κ1) is 12.6. The maximum atomic E-state index is 12.7. The summed E-state index contributed by atoms with van der Waals surface area (Å²) in [7, 11) is 0. The topological polar surface area (TPSA) is 70.5 Å². The number of hydrogen-bond donors (Lipinski definition) is 0. The maximum absolute atomic E-state index is 12.7. The highest BCUT2D eigenvalue weighted by Gasteiger charge is 2.63. The Bertz CT molecular complexity index is 409. The normalized spacial score (nSPS) is 31.6. The van der Waals surface area contributed by atoms with Crippen molar-refractivity contribution >= 4 is 17.3 Å². The van der Waals surface area contributed by atoms with Crippen molar-refractivity contribution in [2.24, 2.45) is 11.3 Å². The highest BCUT2D eigenvalue weighted by atomic mass is 19.4. The Morgan fingerprint density at radius 2 is 1.94 bits per heavy atom. The fourth-order valence-electron chi connectivity index (χ4n) is 1.65. The number of alkyl halides is 3. The molecule has 0 bridgehead atoms. The lowest BCUT2D eigenvalue weighted by Crippen LogP contribution is -2.53. The number of carbonyl (C=O) groups excluding carboxylic acids is 2. The number of carbonyl (C=O) groups is 2. The molecule has 2 atom stereocenters. The Labute approximate surface area is 89.1 Å². The molecule has 0 saturated heterocycles. The Morgan fingerprint density at radius 1 is 1.44 bits per heavy atom. The van der Waals surface area contributed by atoms with Gasteiger partial charge in [-0.15, -0.1) is 0 Å². The number of halogens is 3. The van der Waals surface area contributed by atoms with Gasteiger partial charge in [0.15, 0.2) is 0 Å². The minimum Gasteiger partial charge on any atom is -0.360 e. The zero-order valence-corrected chi connectivity index (χ0v) is 8.63. The number of ketones is 2. The summed E-state index contributed by atoms with van der Waals surface area (Å²) in [4.78, 5) is 25.1.